The maximum atomic E-state index is 13.7. The average molecular weight is 504 g/mol. The second-order valence-corrected chi connectivity index (χ2v) is 9.06. The summed E-state index contributed by atoms with van der Waals surface area (Å²) in [5.41, 5.74) is 3.87. The summed E-state index contributed by atoms with van der Waals surface area (Å²) in [5.74, 6) is 1.34. The molecule has 2 N–H and O–H groups in total. The van der Waals surface area contributed by atoms with Crippen molar-refractivity contribution in [3.63, 3.8) is 0 Å². The summed E-state index contributed by atoms with van der Waals surface area (Å²) in [6.45, 7) is 3.02. The van der Waals surface area contributed by atoms with Gasteiger partial charge in [-0.05, 0) is 60.0 Å². The van der Waals surface area contributed by atoms with E-state index in [2.05, 4.69) is 17.1 Å². The van der Waals surface area contributed by atoms with Crippen LogP contribution in [-0.2, 0) is 6.54 Å². The van der Waals surface area contributed by atoms with Crippen molar-refractivity contribution in [1.82, 2.24) is 15.1 Å². The number of benzene rings is 3. The smallest absolute Gasteiger partial charge is 0.273 e. The van der Waals surface area contributed by atoms with Crippen molar-refractivity contribution in [2.45, 2.75) is 25.9 Å². The molecule has 184 valence electrons. The van der Waals surface area contributed by atoms with Gasteiger partial charge < -0.3 is 19.5 Å². The third-order valence-electron chi connectivity index (χ3n) is 6.24. The molecule has 1 unspecified atom stereocenters. The van der Waals surface area contributed by atoms with E-state index in [1.165, 1.54) is 6.07 Å². The number of phenolic OH excluding ortho intramolecular Hbond substituents is 1. The van der Waals surface area contributed by atoms with Crippen LogP contribution >= 0.6 is 11.6 Å². The molecular weight excluding hydrogens is 478 g/mol. The van der Waals surface area contributed by atoms with Crippen LogP contribution in [0.3, 0.4) is 0 Å². The highest BCUT2D eigenvalue weighted by Gasteiger charge is 2.42. The maximum absolute atomic E-state index is 13.7. The molecule has 2 heterocycles. The number of hydrogen-bond acceptors (Lipinski definition) is 5. The van der Waals surface area contributed by atoms with Crippen molar-refractivity contribution in [3.05, 3.63) is 94.1 Å². The summed E-state index contributed by atoms with van der Waals surface area (Å²) in [5, 5.41) is 18.4. The summed E-state index contributed by atoms with van der Waals surface area (Å²) >= 11 is 6.24. The van der Waals surface area contributed by atoms with Gasteiger partial charge in [-0.1, -0.05) is 42.8 Å². The Kier molecular flexibility index (Phi) is 6.57. The number of carbonyl (C=O) groups is 1. The summed E-state index contributed by atoms with van der Waals surface area (Å²) in [7, 11) is 1.62. The Morgan fingerprint density at radius 2 is 1.89 bits per heavy atom. The fourth-order valence-corrected chi connectivity index (χ4v) is 4.70. The van der Waals surface area contributed by atoms with Gasteiger partial charge in [-0.2, -0.15) is 5.10 Å². The van der Waals surface area contributed by atoms with Gasteiger partial charge in [0, 0.05) is 22.7 Å². The van der Waals surface area contributed by atoms with Crippen LogP contribution in [0.1, 0.15) is 46.6 Å². The molecule has 7 nitrogen and oxygen atoms in total. The molecular formula is C28H26ClN3O4. The third-order valence-corrected chi connectivity index (χ3v) is 6.47. The van der Waals surface area contributed by atoms with E-state index in [4.69, 9.17) is 21.1 Å². The monoisotopic (exact) mass is 503 g/mol. The molecule has 1 aliphatic heterocycles. The molecule has 4 aromatic rings. The first-order chi connectivity index (χ1) is 17.5. The largest absolute Gasteiger partial charge is 0.507 e. The predicted octanol–water partition coefficient (Wildman–Crippen LogP) is 5.98. The lowest BCUT2D eigenvalue weighted by atomic mass is 9.95. The zero-order valence-corrected chi connectivity index (χ0v) is 20.7. The van der Waals surface area contributed by atoms with Gasteiger partial charge in [0.1, 0.15) is 28.6 Å². The fourth-order valence-electron chi connectivity index (χ4n) is 4.53. The van der Waals surface area contributed by atoms with Crippen LogP contribution in [0.4, 0.5) is 0 Å². The van der Waals surface area contributed by atoms with Crippen LogP contribution in [0.15, 0.2) is 66.7 Å². The number of methoxy groups -OCH3 is 1. The summed E-state index contributed by atoms with van der Waals surface area (Å²) in [6, 6.07) is 19.7. The van der Waals surface area contributed by atoms with Gasteiger partial charge in [-0.15, -0.1) is 0 Å². The number of halogens is 1. The number of fused-ring (bicyclic) bond motifs is 1. The molecule has 0 saturated carbocycles. The number of aromatic amines is 1. The highest BCUT2D eigenvalue weighted by molar-refractivity contribution is 6.31. The minimum atomic E-state index is -0.452. The zero-order valence-electron chi connectivity index (χ0n) is 20.0. The molecule has 0 saturated heterocycles. The lowest BCUT2D eigenvalue weighted by Gasteiger charge is -2.27. The normalized spacial score (nSPS) is 14.7. The minimum Gasteiger partial charge on any atom is -0.507 e. The Bertz CT molecular complexity index is 1400. The topological polar surface area (TPSA) is 87.7 Å². The Morgan fingerprint density at radius 3 is 2.64 bits per heavy atom. The molecule has 1 aliphatic rings. The van der Waals surface area contributed by atoms with Crippen molar-refractivity contribution in [1.29, 1.82) is 0 Å². The van der Waals surface area contributed by atoms with Gasteiger partial charge in [0.25, 0.3) is 5.91 Å². The minimum absolute atomic E-state index is 0.0357. The molecule has 1 amide bonds. The fraction of sp³-hybridized carbons (Fsp3) is 0.214. The van der Waals surface area contributed by atoms with E-state index in [-0.39, 0.29) is 11.7 Å². The molecule has 0 fully saturated rings. The van der Waals surface area contributed by atoms with Crippen LogP contribution < -0.4 is 9.47 Å². The number of aromatic nitrogens is 2. The van der Waals surface area contributed by atoms with Gasteiger partial charge in [0.15, 0.2) is 0 Å². The van der Waals surface area contributed by atoms with Crippen molar-refractivity contribution in [2.24, 2.45) is 0 Å². The number of nitrogens with zero attached hydrogens (tertiary/aromatic N) is 2. The number of nitrogens with one attached hydrogen (secondary N) is 1. The number of carbonyl (C=O) groups excluding carboxylic acids is 1. The summed E-state index contributed by atoms with van der Waals surface area (Å²) < 4.78 is 11.2. The van der Waals surface area contributed by atoms with Gasteiger partial charge in [0.05, 0.1) is 19.8 Å². The molecule has 5 rings (SSSR count). The highest BCUT2D eigenvalue weighted by atomic mass is 35.5. The van der Waals surface area contributed by atoms with Crippen LogP contribution in [0.2, 0.25) is 5.02 Å². The predicted molar refractivity (Wildman–Crippen MR) is 138 cm³/mol. The Morgan fingerprint density at radius 1 is 1.08 bits per heavy atom. The first-order valence-electron chi connectivity index (χ1n) is 11.7. The Balaban J connectivity index is 1.62. The van der Waals surface area contributed by atoms with E-state index in [1.807, 2.05) is 48.5 Å². The average Bonchev–Trinajstić information content (AvgIpc) is 3.43. The number of amides is 1. The number of hydrogen-bond donors (Lipinski definition) is 2. The molecule has 3 aromatic carbocycles. The van der Waals surface area contributed by atoms with E-state index < -0.39 is 6.04 Å². The van der Waals surface area contributed by atoms with Gasteiger partial charge in [0.2, 0.25) is 0 Å². The zero-order chi connectivity index (χ0) is 25.2. The van der Waals surface area contributed by atoms with Gasteiger partial charge >= 0.3 is 0 Å². The highest BCUT2D eigenvalue weighted by Crippen LogP contribution is 2.46. The van der Waals surface area contributed by atoms with E-state index >= 15 is 0 Å². The molecule has 0 aliphatic carbocycles. The summed E-state index contributed by atoms with van der Waals surface area (Å²) in [4.78, 5) is 15.5. The van der Waals surface area contributed by atoms with E-state index in [9.17, 15) is 9.90 Å². The van der Waals surface area contributed by atoms with Crippen LogP contribution in [0, 0.1) is 0 Å². The van der Waals surface area contributed by atoms with E-state index in [0.29, 0.717) is 40.7 Å². The number of aromatic hydroxyl groups is 1. The standard InChI is InChI=1S/C28H26ClN3O4/c1-3-13-36-21-6-4-5-18(14-21)27-24-25(22-15-19(29)9-12-23(22)33)30-31-26(24)28(34)32(27)16-17-7-10-20(35-2)11-8-17/h4-12,14-15,27,33H,3,13,16H2,1-2H3,(H,30,31). The Hall–Kier alpha value is -3.97. The SMILES string of the molecule is CCCOc1cccc(C2c3c(-c4cc(Cl)ccc4O)n[nH]c3C(=O)N2Cc2ccc(OC)cc2)c1. The summed E-state index contributed by atoms with van der Waals surface area (Å²) in [6.07, 6.45) is 0.889. The number of ether oxygens (including phenoxy) is 2. The molecule has 0 bridgehead atoms. The van der Waals surface area contributed by atoms with Crippen molar-refractivity contribution in [2.75, 3.05) is 13.7 Å². The first-order valence-corrected chi connectivity index (χ1v) is 12.1. The van der Waals surface area contributed by atoms with Gasteiger partial charge in [-0.3, -0.25) is 9.89 Å². The molecule has 0 spiro atoms. The van der Waals surface area contributed by atoms with Crippen LogP contribution in [0.5, 0.6) is 17.2 Å². The molecule has 0 radical (unpaired) electrons. The number of rotatable bonds is 8. The first kappa shape index (κ1) is 23.8. The number of H-pyrrole nitrogens is 1. The lowest BCUT2D eigenvalue weighted by molar-refractivity contribution is 0.0730. The molecule has 8 heteroatoms. The molecule has 1 atom stereocenters. The third kappa shape index (κ3) is 4.38. The van der Waals surface area contributed by atoms with Crippen LogP contribution in [-0.4, -0.2) is 39.8 Å². The van der Waals surface area contributed by atoms with Gasteiger partial charge in [-0.25, -0.2) is 0 Å². The maximum Gasteiger partial charge on any atom is 0.273 e. The molecule has 36 heavy (non-hydrogen) atoms. The van der Waals surface area contributed by atoms with Crippen molar-refractivity contribution < 1.29 is 19.4 Å². The molecule has 1 aromatic heterocycles. The van der Waals surface area contributed by atoms with E-state index in [0.717, 1.165) is 29.0 Å². The van der Waals surface area contributed by atoms with E-state index in [1.54, 1.807) is 24.1 Å². The lowest BCUT2D eigenvalue weighted by Crippen LogP contribution is -2.29. The van der Waals surface area contributed by atoms with Crippen LogP contribution in [0.25, 0.3) is 11.3 Å². The van der Waals surface area contributed by atoms with Crippen molar-refractivity contribution >= 4 is 17.5 Å². The Labute approximate surface area is 214 Å². The van der Waals surface area contributed by atoms with Crippen molar-refractivity contribution in [3.8, 4) is 28.5 Å². The number of phenols is 1. The second-order valence-electron chi connectivity index (χ2n) is 8.63. The quantitative estimate of drug-likeness (QED) is 0.309. The second kappa shape index (κ2) is 9.95.